The average molecular weight is 595 g/mol. The van der Waals surface area contributed by atoms with Crippen LogP contribution in [-0.2, 0) is 9.53 Å². The lowest BCUT2D eigenvalue weighted by molar-refractivity contribution is -0.129. The Morgan fingerprint density at radius 2 is 1.77 bits per heavy atom. The number of hydrogen-bond acceptors (Lipinski definition) is 7. The number of rotatable bonds is 9. The molecular formula is C32H46N6O5. The molecule has 234 valence electrons. The van der Waals surface area contributed by atoms with E-state index in [-0.39, 0.29) is 59.3 Å². The first-order valence-electron chi connectivity index (χ1n) is 15.6. The number of benzene rings is 1. The highest BCUT2D eigenvalue weighted by Crippen LogP contribution is 2.36. The maximum Gasteiger partial charge on any atom is 0.407 e. The van der Waals surface area contributed by atoms with E-state index in [1.54, 1.807) is 29.5 Å². The van der Waals surface area contributed by atoms with Gasteiger partial charge in [-0.15, -0.1) is 0 Å². The summed E-state index contributed by atoms with van der Waals surface area (Å²) in [6.45, 7) is 8.34. The van der Waals surface area contributed by atoms with Crippen molar-refractivity contribution >= 4 is 28.8 Å². The van der Waals surface area contributed by atoms with Gasteiger partial charge in [0.25, 0.3) is 11.5 Å². The van der Waals surface area contributed by atoms with Crippen molar-refractivity contribution in [3.05, 3.63) is 46.2 Å². The fourth-order valence-electron chi connectivity index (χ4n) is 7.33. The van der Waals surface area contributed by atoms with E-state index in [0.29, 0.717) is 13.1 Å². The zero-order valence-corrected chi connectivity index (χ0v) is 26.0. The van der Waals surface area contributed by atoms with Gasteiger partial charge < -0.3 is 24.8 Å². The largest absolute Gasteiger partial charge is 0.444 e. The number of likely N-dealkylation sites (tertiary alicyclic amines) is 1. The normalized spacial score (nSPS) is 24.7. The molecule has 2 N–H and O–H groups in total. The van der Waals surface area contributed by atoms with Crippen LogP contribution in [-0.4, -0.2) is 108 Å². The summed E-state index contributed by atoms with van der Waals surface area (Å²) < 4.78 is 7.54. The second-order valence-electron chi connectivity index (χ2n) is 12.7. The van der Waals surface area contributed by atoms with E-state index >= 15 is 0 Å². The van der Waals surface area contributed by atoms with Crippen molar-refractivity contribution in [3.63, 3.8) is 0 Å². The van der Waals surface area contributed by atoms with Crippen molar-refractivity contribution in [1.82, 2.24) is 29.9 Å². The lowest BCUT2D eigenvalue weighted by Crippen LogP contribution is -2.54. The van der Waals surface area contributed by atoms with Crippen LogP contribution in [0.25, 0.3) is 10.9 Å². The Balaban J connectivity index is 1.24. The molecule has 3 saturated heterocycles. The van der Waals surface area contributed by atoms with Crippen LogP contribution in [0.4, 0.5) is 4.79 Å². The Morgan fingerprint density at radius 1 is 1.07 bits per heavy atom. The summed E-state index contributed by atoms with van der Waals surface area (Å²) in [5.74, 6) is -0.259. The van der Waals surface area contributed by atoms with Gasteiger partial charge in [-0.25, -0.2) is 4.79 Å². The number of fused-ring (bicyclic) bond motifs is 3. The Hall–Kier alpha value is -3.44. The summed E-state index contributed by atoms with van der Waals surface area (Å²) in [4.78, 5) is 57.5. The smallest absolute Gasteiger partial charge is 0.407 e. The lowest BCUT2D eigenvalue weighted by Gasteiger charge is -2.41. The molecule has 11 nitrogen and oxygen atoms in total. The summed E-state index contributed by atoms with van der Waals surface area (Å²) in [6.07, 6.45) is 3.76. The van der Waals surface area contributed by atoms with Crippen LogP contribution in [0.15, 0.2) is 35.1 Å². The fraction of sp³-hybridized carbons (Fsp3) is 0.625. The number of likely N-dealkylation sites (N-methyl/N-ethyl adjacent to an activating group) is 1. The van der Waals surface area contributed by atoms with Gasteiger partial charge in [0, 0.05) is 77.4 Å². The molecule has 1 aromatic heterocycles. The number of piperidine rings is 1. The predicted molar refractivity (Wildman–Crippen MR) is 165 cm³/mol. The van der Waals surface area contributed by atoms with Crippen LogP contribution in [0.3, 0.4) is 0 Å². The Kier molecular flexibility index (Phi) is 9.41. The number of aromatic nitrogens is 1. The number of hydrogen-bond donors (Lipinski definition) is 2. The quantitative estimate of drug-likeness (QED) is 0.459. The van der Waals surface area contributed by atoms with Crippen LogP contribution >= 0.6 is 0 Å². The van der Waals surface area contributed by atoms with Gasteiger partial charge in [0.2, 0.25) is 5.91 Å². The molecule has 3 amide bonds. The third-order valence-corrected chi connectivity index (χ3v) is 9.57. The summed E-state index contributed by atoms with van der Waals surface area (Å²) in [5.41, 5.74) is 0.745. The van der Waals surface area contributed by atoms with Gasteiger partial charge in [0.1, 0.15) is 11.7 Å². The number of nitrogens with zero attached hydrogens (tertiary/aromatic N) is 4. The average Bonchev–Trinajstić information content (AvgIpc) is 3.52. The van der Waals surface area contributed by atoms with E-state index in [4.69, 9.17) is 4.74 Å². The minimum Gasteiger partial charge on any atom is -0.444 e. The molecule has 11 heteroatoms. The molecule has 0 radical (unpaired) electrons. The van der Waals surface area contributed by atoms with Crippen molar-refractivity contribution in [2.24, 2.45) is 0 Å². The van der Waals surface area contributed by atoms with Crippen LogP contribution in [0, 0.1) is 0 Å². The molecule has 0 spiro atoms. The molecule has 3 aliphatic heterocycles. The zero-order valence-electron chi connectivity index (χ0n) is 26.0. The van der Waals surface area contributed by atoms with Gasteiger partial charge in [0.05, 0.1) is 5.52 Å². The van der Waals surface area contributed by atoms with Crippen LogP contribution in [0.5, 0.6) is 0 Å². The highest BCUT2D eigenvalue weighted by molar-refractivity contribution is 5.97. The molecule has 4 unspecified atom stereocenters. The third-order valence-electron chi connectivity index (χ3n) is 9.57. The topological polar surface area (TPSA) is 116 Å². The molecule has 3 aliphatic rings. The van der Waals surface area contributed by atoms with Crippen molar-refractivity contribution in [1.29, 1.82) is 0 Å². The van der Waals surface area contributed by atoms with Crippen molar-refractivity contribution in [2.75, 3.05) is 40.3 Å². The van der Waals surface area contributed by atoms with Gasteiger partial charge in [-0.3, -0.25) is 24.2 Å². The van der Waals surface area contributed by atoms with E-state index in [1.807, 2.05) is 45.2 Å². The van der Waals surface area contributed by atoms with E-state index in [9.17, 15) is 19.2 Å². The summed E-state index contributed by atoms with van der Waals surface area (Å²) in [7, 11) is 3.41. The lowest BCUT2D eigenvalue weighted by atomic mass is 9.96. The maximum absolute atomic E-state index is 13.5. The number of carbonyl (C=O) groups excluding carboxylic acids is 3. The standard InChI is InChI=1S/C32H46N6O5/c1-20(2)38-29-9-7-6-8-22(29)14-28(31(38)41)30(40)34-23-15-24-10-11-25(16-23)37(24)19-27(43-32(42)33-4)18-36-13-12-26(17-36)35(5)21(3)39/h6-9,14,20,23-27H,10-13,15-19H2,1-5H3,(H,33,42)(H,34,40). The molecule has 4 atom stereocenters. The Bertz CT molecular complexity index is 1390. The van der Waals surface area contributed by atoms with Crippen LogP contribution in [0.2, 0.25) is 0 Å². The number of amides is 3. The van der Waals surface area contributed by atoms with Crippen LogP contribution < -0.4 is 16.2 Å². The second-order valence-corrected chi connectivity index (χ2v) is 12.7. The molecule has 0 aliphatic carbocycles. The molecule has 3 fully saturated rings. The SMILES string of the molecule is CNC(=O)OC(CN1CCC(N(C)C(C)=O)C1)CN1C2CCC1CC(NC(=O)c1cc3ccccc3n(C(C)C)c1=O)C2. The zero-order chi connectivity index (χ0) is 30.8. The van der Waals surface area contributed by atoms with Gasteiger partial charge in [-0.2, -0.15) is 0 Å². The number of ether oxygens (including phenoxy) is 1. The summed E-state index contributed by atoms with van der Waals surface area (Å²) in [5, 5.41) is 6.64. The van der Waals surface area contributed by atoms with Crippen LogP contribution in [0.1, 0.15) is 69.3 Å². The molecular weight excluding hydrogens is 548 g/mol. The molecule has 4 heterocycles. The number of pyridine rings is 1. The van der Waals surface area contributed by atoms with Crippen molar-refractivity contribution in [3.8, 4) is 0 Å². The minimum absolute atomic E-state index is 0.0283. The molecule has 0 saturated carbocycles. The summed E-state index contributed by atoms with van der Waals surface area (Å²) >= 11 is 0. The van der Waals surface area contributed by atoms with E-state index in [2.05, 4.69) is 20.4 Å². The fourth-order valence-corrected chi connectivity index (χ4v) is 7.33. The molecule has 2 bridgehead atoms. The number of para-hydroxylation sites is 1. The summed E-state index contributed by atoms with van der Waals surface area (Å²) in [6, 6.07) is 9.98. The third kappa shape index (κ3) is 6.72. The number of carbonyl (C=O) groups is 3. The van der Waals surface area contributed by atoms with E-state index < -0.39 is 6.09 Å². The Morgan fingerprint density at radius 3 is 2.42 bits per heavy atom. The molecule has 5 rings (SSSR count). The highest BCUT2D eigenvalue weighted by Gasteiger charge is 2.43. The van der Waals surface area contributed by atoms with Gasteiger partial charge in [-0.1, -0.05) is 18.2 Å². The Labute approximate surface area is 253 Å². The van der Waals surface area contributed by atoms with Gasteiger partial charge in [0.15, 0.2) is 0 Å². The molecule has 2 aromatic rings. The first kappa shape index (κ1) is 31.0. The first-order valence-corrected chi connectivity index (χ1v) is 15.6. The van der Waals surface area contributed by atoms with E-state index in [1.165, 1.54) is 0 Å². The first-order chi connectivity index (χ1) is 20.5. The van der Waals surface area contributed by atoms with Crippen molar-refractivity contribution < 1.29 is 19.1 Å². The molecule has 43 heavy (non-hydrogen) atoms. The minimum atomic E-state index is -0.446. The maximum atomic E-state index is 13.5. The van der Waals surface area contributed by atoms with Gasteiger partial charge in [-0.05, 0) is 63.5 Å². The second kappa shape index (κ2) is 13.1. The monoisotopic (exact) mass is 594 g/mol. The highest BCUT2D eigenvalue weighted by atomic mass is 16.6. The number of alkyl carbamates (subject to hydrolysis) is 1. The van der Waals surface area contributed by atoms with Gasteiger partial charge >= 0.3 is 6.09 Å². The van der Waals surface area contributed by atoms with Crippen molar-refractivity contribution in [2.45, 2.75) is 89.2 Å². The molecule has 1 aromatic carbocycles. The number of nitrogens with one attached hydrogen (secondary N) is 2. The predicted octanol–water partition coefficient (Wildman–Crippen LogP) is 2.58. The van der Waals surface area contributed by atoms with E-state index in [0.717, 1.165) is 56.1 Å².